The predicted octanol–water partition coefficient (Wildman–Crippen LogP) is 6.24. The van der Waals surface area contributed by atoms with Gasteiger partial charge in [0.15, 0.2) is 0 Å². The molecule has 1 saturated heterocycles. The highest BCUT2D eigenvalue weighted by molar-refractivity contribution is 6.83. The smallest absolute Gasteiger partial charge is 0.337 e. The molecule has 0 spiro atoms. The summed E-state index contributed by atoms with van der Waals surface area (Å²) in [5.41, 5.74) is 8.70. The van der Waals surface area contributed by atoms with Crippen molar-refractivity contribution >= 4 is 30.6 Å². The maximum absolute atomic E-state index is 14.8. The number of hydrogen-bond acceptors (Lipinski definition) is 7. The number of esters is 1. The summed E-state index contributed by atoms with van der Waals surface area (Å²) in [5, 5.41) is 0. The fourth-order valence-corrected chi connectivity index (χ4v) is 6.01. The summed E-state index contributed by atoms with van der Waals surface area (Å²) in [6.07, 6.45) is 4.18. The van der Waals surface area contributed by atoms with Crippen molar-refractivity contribution in [2.45, 2.75) is 58.3 Å². The lowest BCUT2D eigenvalue weighted by Crippen LogP contribution is -2.33. The van der Waals surface area contributed by atoms with E-state index in [2.05, 4.69) is 46.6 Å². The van der Waals surface area contributed by atoms with Gasteiger partial charge < -0.3 is 18.8 Å². The van der Waals surface area contributed by atoms with Crippen LogP contribution in [0.25, 0.3) is 16.6 Å². The summed E-state index contributed by atoms with van der Waals surface area (Å²) in [7, 11) is -0.147. The molecule has 238 valence electrons. The Labute approximate surface area is 270 Å². The molecule has 0 bridgehead atoms. The Balaban J connectivity index is 1.11. The number of halogens is 1. The van der Waals surface area contributed by atoms with Gasteiger partial charge in [-0.05, 0) is 54.8 Å². The fourth-order valence-electron chi connectivity index (χ4n) is 5.49. The van der Waals surface area contributed by atoms with Gasteiger partial charge in [-0.1, -0.05) is 43.8 Å². The van der Waals surface area contributed by atoms with Gasteiger partial charge in [-0.2, -0.15) is 0 Å². The minimum absolute atomic E-state index is 0.0882. The number of carbonyl (C=O) groups is 1. The number of rotatable bonds is 9. The molecule has 8 nitrogen and oxygen atoms in total. The van der Waals surface area contributed by atoms with E-state index >= 15 is 0 Å². The SMILES string of the molecule is COC(=O)c1ccc2nc(CN3CC=C(c4cccc(OCc5ccc(C#C[Si](C)(C)C)cc5F)n4)CC3)n(C[C@@H]3CCO3)c2c1. The first-order valence-electron chi connectivity index (χ1n) is 15.7. The number of aromatic nitrogens is 3. The lowest BCUT2D eigenvalue weighted by Gasteiger charge is -2.29. The second kappa shape index (κ2) is 13.6. The van der Waals surface area contributed by atoms with Crippen LogP contribution >= 0.6 is 0 Å². The van der Waals surface area contributed by atoms with E-state index in [1.807, 2.05) is 30.3 Å². The third-order valence-electron chi connectivity index (χ3n) is 8.15. The molecule has 1 atom stereocenters. The first kappa shape index (κ1) is 31.7. The van der Waals surface area contributed by atoms with Crippen molar-refractivity contribution in [1.29, 1.82) is 0 Å². The maximum atomic E-state index is 14.8. The average molecular weight is 639 g/mol. The fraction of sp³-hybridized carbons (Fsp3) is 0.361. The molecular weight excluding hydrogens is 600 g/mol. The molecule has 10 heteroatoms. The molecular formula is C36H39FN4O4Si. The van der Waals surface area contributed by atoms with E-state index in [0.29, 0.717) is 35.7 Å². The van der Waals surface area contributed by atoms with Crippen molar-refractivity contribution in [3.63, 3.8) is 0 Å². The van der Waals surface area contributed by atoms with Gasteiger partial charge in [0, 0.05) is 36.9 Å². The molecule has 6 rings (SSSR count). The van der Waals surface area contributed by atoms with Crippen LogP contribution in [0.5, 0.6) is 5.88 Å². The standard InChI is InChI=1S/C36H39FN4O4Si/c1-43-36(42)27-10-11-32-33(21-27)41(22-29-14-18-44-29)34(38-32)23-40-16-12-26(13-17-40)31-6-5-7-35(39-31)45-24-28-9-8-25(20-30(28)37)15-19-46(2,3)4/h5-12,20-21,29H,13-14,16-18,22-24H2,1-4H3/t29-/m0/s1. The van der Waals surface area contributed by atoms with Crippen LogP contribution in [0.3, 0.4) is 0 Å². The van der Waals surface area contributed by atoms with Crippen molar-refractivity contribution in [3.05, 3.63) is 94.7 Å². The lowest BCUT2D eigenvalue weighted by atomic mass is 10.0. The minimum atomic E-state index is -1.54. The van der Waals surface area contributed by atoms with Crippen LogP contribution in [-0.2, 0) is 29.2 Å². The van der Waals surface area contributed by atoms with Crippen LogP contribution in [0, 0.1) is 17.3 Å². The van der Waals surface area contributed by atoms with Crippen molar-refractivity contribution in [3.8, 4) is 17.3 Å². The Kier molecular flexibility index (Phi) is 9.36. The summed E-state index contributed by atoms with van der Waals surface area (Å²) in [5.74, 6) is 3.81. The highest BCUT2D eigenvalue weighted by Gasteiger charge is 2.24. The average Bonchev–Trinajstić information content (AvgIpc) is 3.36. The minimum Gasteiger partial charge on any atom is -0.473 e. The highest BCUT2D eigenvalue weighted by Crippen LogP contribution is 2.27. The van der Waals surface area contributed by atoms with Crippen LogP contribution < -0.4 is 4.74 Å². The zero-order valence-electron chi connectivity index (χ0n) is 26.8. The Bertz CT molecular complexity index is 1850. The molecule has 46 heavy (non-hydrogen) atoms. The van der Waals surface area contributed by atoms with E-state index < -0.39 is 8.07 Å². The summed E-state index contributed by atoms with van der Waals surface area (Å²) in [6.45, 7) is 10.3. The molecule has 2 aliphatic heterocycles. The zero-order chi connectivity index (χ0) is 32.3. The van der Waals surface area contributed by atoms with Crippen LogP contribution in [0.1, 0.15) is 45.8 Å². The number of fused-ring (bicyclic) bond motifs is 1. The molecule has 0 amide bonds. The number of imidazole rings is 1. The second-order valence-corrected chi connectivity index (χ2v) is 17.5. The Hall–Kier alpha value is -4.30. The van der Waals surface area contributed by atoms with Crippen molar-refractivity contribution in [2.24, 2.45) is 0 Å². The number of pyridine rings is 1. The normalized spacial score (nSPS) is 16.7. The predicted molar refractivity (Wildman–Crippen MR) is 178 cm³/mol. The van der Waals surface area contributed by atoms with E-state index in [4.69, 9.17) is 24.2 Å². The molecule has 0 N–H and O–H groups in total. The number of hydrogen-bond donors (Lipinski definition) is 0. The third-order valence-corrected chi connectivity index (χ3v) is 9.02. The van der Waals surface area contributed by atoms with Gasteiger partial charge >= 0.3 is 5.97 Å². The first-order valence-corrected chi connectivity index (χ1v) is 19.2. The van der Waals surface area contributed by atoms with Crippen LogP contribution in [-0.4, -0.2) is 66.4 Å². The topological polar surface area (TPSA) is 78.7 Å². The molecule has 4 aromatic rings. The monoisotopic (exact) mass is 638 g/mol. The number of ether oxygens (including phenoxy) is 3. The number of nitrogens with zero attached hydrogens (tertiary/aromatic N) is 4. The maximum Gasteiger partial charge on any atom is 0.337 e. The molecule has 4 heterocycles. The molecule has 2 aromatic carbocycles. The van der Waals surface area contributed by atoms with Gasteiger partial charge in [0.2, 0.25) is 5.88 Å². The number of carbonyl (C=O) groups excluding carboxylic acids is 1. The van der Waals surface area contributed by atoms with Crippen molar-refractivity contribution in [1.82, 2.24) is 19.4 Å². The highest BCUT2D eigenvalue weighted by atomic mass is 28.3. The molecule has 0 saturated carbocycles. The Morgan fingerprint density at radius 3 is 2.67 bits per heavy atom. The van der Waals surface area contributed by atoms with E-state index in [1.165, 1.54) is 13.2 Å². The molecule has 1 fully saturated rings. The molecule has 2 aliphatic rings. The van der Waals surface area contributed by atoms with E-state index in [0.717, 1.165) is 60.7 Å². The Morgan fingerprint density at radius 2 is 1.98 bits per heavy atom. The summed E-state index contributed by atoms with van der Waals surface area (Å²) in [4.78, 5) is 24.2. The van der Waals surface area contributed by atoms with Crippen LogP contribution in [0.4, 0.5) is 4.39 Å². The first-order chi connectivity index (χ1) is 22.1. The second-order valence-electron chi connectivity index (χ2n) is 12.8. The number of methoxy groups -OCH3 is 1. The van der Waals surface area contributed by atoms with E-state index in [1.54, 1.807) is 18.2 Å². The molecule has 0 aliphatic carbocycles. The quantitative estimate of drug-likeness (QED) is 0.122. The summed E-state index contributed by atoms with van der Waals surface area (Å²) in [6, 6.07) is 16.3. The number of benzene rings is 2. The van der Waals surface area contributed by atoms with Crippen molar-refractivity contribution < 1.29 is 23.4 Å². The van der Waals surface area contributed by atoms with Crippen LogP contribution in [0.15, 0.2) is 60.7 Å². The van der Waals surface area contributed by atoms with E-state index in [9.17, 15) is 9.18 Å². The van der Waals surface area contributed by atoms with E-state index in [-0.39, 0.29) is 24.5 Å². The lowest BCUT2D eigenvalue weighted by molar-refractivity contribution is -0.0591. The zero-order valence-corrected chi connectivity index (χ0v) is 27.8. The summed E-state index contributed by atoms with van der Waals surface area (Å²) < 4.78 is 33.5. The van der Waals surface area contributed by atoms with Gasteiger partial charge in [0.05, 0.1) is 48.6 Å². The molecule has 0 radical (unpaired) electrons. The molecule has 0 unspecified atom stereocenters. The largest absolute Gasteiger partial charge is 0.473 e. The van der Waals surface area contributed by atoms with Gasteiger partial charge in [-0.15, -0.1) is 5.54 Å². The van der Waals surface area contributed by atoms with Gasteiger partial charge in [0.1, 0.15) is 26.3 Å². The van der Waals surface area contributed by atoms with Gasteiger partial charge in [-0.25, -0.2) is 19.2 Å². The van der Waals surface area contributed by atoms with Gasteiger partial charge in [-0.3, -0.25) is 4.90 Å². The Morgan fingerprint density at radius 1 is 1.13 bits per heavy atom. The van der Waals surface area contributed by atoms with Crippen LogP contribution in [0.2, 0.25) is 19.6 Å². The third kappa shape index (κ3) is 7.56. The van der Waals surface area contributed by atoms with Crippen molar-refractivity contribution in [2.75, 3.05) is 26.8 Å². The van der Waals surface area contributed by atoms with Gasteiger partial charge in [0.25, 0.3) is 0 Å². The molecule has 2 aromatic heterocycles. The summed E-state index contributed by atoms with van der Waals surface area (Å²) >= 11 is 0.